The smallest absolute Gasteiger partial charge is 0.331 e. The predicted molar refractivity (Wildman–Crippen MR) is 64.9 cm³/mol. The van der Waals surface area contributed by atoms with Gasteiger partial charge in [0.2, 0.25) is 0 Å². The summed E-state index contributed by atoms with van der Waals surface area (Å²) in [6.07, 6.45) is 0. The number of aryl methyl sites for hydroxylation is 1. The summed E-state index contributed by atoms with van der Waals surface area (Å²) in [6, 6.07) is 4.34. The number of halogens is 1. The lowest BCUT2D eigenvalue weighted by molar-refractivity contribution is -0.146. The maximum absolute atomic E-state index is 13.4. The number of carboxylic acid groups (broad SMARTS) is 1. The first kappa shape index (κ1) is 13.1. The van der Waals surface area contributed by atoms with Crippen molar-refractivity contribution in [1.29, 1.82) is 0 Å². The Morgan fingerprint density at radius 1 is 1.37 bits per heavy atom. The van der Waals surface area contributed by atoms with Gasteiger partial charge in [-0.2, -0.15) is 0 Å². The van der Waals surface area contributed by atoms with Crippen molar-refractivity contribution in [3.63, 3.8) is 0 Å². The summed E-state index contributed by atoms with van der Waals surface area (Å²) >= 11 is 0. The summed E-state index contributed by atoms with van der Waals surface area (Å²) in [7, 11) is 0. The molecule has 1 aromatic carbocycles. The topological polar surface area (TPSA) is 80.9 Å². The molecule has 1 N–H and O–H groups in total. The SMILES string of the molecule is Cc1cc(F)cc(-c2nnnn2C(C)(C)C(=O)O)c1. The second kappa shape index (κ2) is 4.42. The van der Waals surface area contributed by atoms with Gasteiger partial charge < -0.3 is 5.11 Å². The Labute approximate surface area is 108 Å². The number of carbonyl (C=O) groups is 1. The third kappa shape index (κ3) is 2.31. The quantitative estimate of drug-likeness (QED) is 0.910. The van der Waals surface area contributed by atoms with E-state index in [4.69, 9.17) is 0 Å². The fraction of sp³-hybridized carbons (Fsp3) is 0.333. The highest BCUT2D eigenvalue weighted by atomic mass is 19.1. The van der Waals surface area contributed by atoms with Crippen LogP contribution >= 0.6 is 0 Å². The van der Waals surface area contributed by atoms with Crippen LogP contribution in [0.15, 0.2) is 18.2 Å². The van der Waals surface area contributed by atoms with E-state index in [1.807, 2.05) is 0 Å². The Balaban J connectivity index is 2.59. The first-order valence-corrected chi connectivity index (χ1v) is 5.62. The molecule has 7 heteroatoms. The van der Waals surface area contributed by atoms with E-state index in [0.29, 0.717) is 11.1 Å². The van der Waals surface area contributed by atoms with Gasteiger partial charge in [0.05, 0.1) is 0 Å². The number of aliphatic carboxylic acids is 1. The standard InChI is InChI=1S/C12H13FN4O2/c1-7-4-8(6-9(13)5-7)10-14-15-16-17(10)12(2,3)11(18)19/h4-6H,1-3H3,(H,18,19). The molecule has 2 rings (SSSR count). The number of nitrogens with zero attached hydrogens (tertiary/aromatic N) is 4. The van der Waals surface area contributed by atoms with E-state index in [0.717, 1.165) is 0 Å². The van der Waals surface area contributed by atoms with E-state index in [-0.39, 0.29) is 5.82 Å². The molecule has 0 bridgehead atoms. The molecule has 0 aliphatic rings. The van der Waals surface area contributed by atoms with Gasteiger partial charge >= 0.3 is 5.97 Å². The molecule has 0 unspecified atom stereocenters. The molecule has 100 valence electrons. The molecule has 0 atom stereocenters. The average Bonchev–Trinajstić information content (AvgIpc) is 2.76. The van der Waals surface area contributed by atoms with E-state index in [1.165, 1.54) is 30.7 Å². The van der Waals surface area contributed by atoms with E-state index < -0.39 is 17.3 Å². The van der Waals surface area contributed by atoms with Crippen molar-refractivity contribution in [3.8, 4) is 11.4 Å². The number of aromatic nitrogens is 4. The van der Waals surface area contributed by atoms with Gasteiger partial charge in [0.1, 0.15) is 5.82 Å². The van der Waals surface area contributed by atoms with Crippen LogP contribution in [-0.4, -0.2) is 31.3 Å². The number of tetrazole rings is 1. The van der Waals surface area contributed by atoms with Crippen LogP contribution in [-0.2, 0) is 10.3 Å². The van der Waals surface area contributed by atoms with Gasteiger partial charge in [0.15, 0.2) is 11.4 Å². The van der Waals surface area contributed by atoms with Crippen LogP contribution in [0, 0.1) is 12.7 Å². The number of hydrogen-bond acceptors (Lipinski definition) is 4. The van der Waals surface area contributed by atoms with Crippen LogP contribution < -0.4 is 0 Å². The van der Waals surface area contributed by atoms with E-state index in [1.54, 1.807) is 13.0 Å². The highest BCUT2D eigenvalue weighted by Crippen LogP contribution is 2.24. The summed E-state index contributed by atoms with van der Waals surface area (Å²) < 4.78 is 14.6. The fourth-order valence-electron chi connectivity index (χ4n) is 1.70. The molecule has 0 aliphatic heterocycles. The molecule has 1 heterocycles. The molecule has 0 saturated heterocycles. The Bertz CT molecular complexity index is 616. The second-order valence-electron chi connectivity index (χ2n) is 4.80. The maximum atomic E-state index is 13.4. The van der Waals surface area contributed by atoms with E-state index in [2.05, 4.69) is 15.5 Å². The monoisotopic (exact) mass is 264 g/mol. The predicted octanol–water partition coefficient (Wildman–Crippen LogP) is 1.61. The lowest BCUT2D eigenvalue weighted by Gasteiger charge is -2.20. The first-order chi connectivity index (χ1) is 8.82. The van der Waals surface area contributed by atoms with Crippen LogP contribution in [0.1, 0.15) is 19.4 Å². The molecule has 0 fully saturated rings. The Kier molecular flexibility index (Phi) is 3.05. The van der Waals surface area contributed by atoms with Crippen molar-refractivity contribution < 1.29 is 14.3 Å². The van der Waals surface area contributed by atoms with Crippen molar-refractivity contribution >= 4 is 5.97 Å². The second-order valence-corrected chi connectivity index (χ2v) is 4.80. The zero-order valence-corrected chi connectivity index (χ0v) is 10.8. The number of hydrogen-bond donors (Lipinski definition) is 1. The van der Waals surface area contributed by atoms with Crippen molar-refractivity contribution in [1.82, 2.24) is 20.2 Å². The lowest BCUT2D eigenvalue weighted by Crippen LogP contribution is -2.37. The third-order valence-corrected chi connectivity index (χ3v) is 2.82. The van der Waals surface area contributed by atoms with E-state index in [9.17, 15) is 14.3 Å². The van der Waals surface area contributed by atoms with Crippen LogP contribution in [0.3, 0.4) is 0 Å². The summed E-state index contributed by atoms with van der Waals surface area (Å²) in [4.78, 5) is 11.2. The third-order valence-electron chi connectivity index (χ3n) is 2.82. The average molecular weight is 264 g/mol. The molecule has 0 saturated carbocycles. The number of rotatable bonds is 3. The van der Waals surface area contributed by atoms with Gasteiger partial charge in [-0.3, -0.25) is 0 Å². The van der Waals surface area contributed by atoms with Crippen LogP contribution in [0.25, 0.3) is 11.4 Å². The molecular weight excluding hydrogens is 251 g/mol. The molecular formula is C12H13FN4O2. The molecule has 0 amide bonds. The van der Waals surface area contributed by atoms with Gasteiger partial charge in [-0.25, -0.2) is 13.9 Å². The van der Waals surface area contributed by atoms with Crippen molar-refractivity contribution in [3.05, 3.63) is 29.6 Å². The highest BCUT2D eigenvalue weighted by Gasteiger charge is 2.33. The van der Waals surface area contributed by atoms with Crippen molar-refractivity contribution in [2.75, 3.05) is 0 Å². The summed E-state index contributed by atoms with van der Waals surface area (Å²) in [6.45, 7) is 4.69. The Morgan fingerprint density at radius 3 is 2.63 bits per heavy atom. The van der Waals surface area contributed by atoms with Crippen molar-refractivity contribution in [2.24, 2.45) is 0 Å². The summed E-state index contributed by atoms with van der Waals surface area (Å²) in [5, 5.41) is 20.2. The minimum absolute atomic E-state index is 0.218. The van der Waals surface area contributed by atoms with Crippen molar-refractivity contribution in [2.45, 2.75) is 26.3 Å². The molecule has 2 aromatic rings. The molecule has 0 spiro atoms. The number of benzene rings is 1. The van der Waals surface area contributed by atoms with Crippen LogP contribution in [0.4, 0.5) is 4.39 Å². The molecule has 6 nitrogen and oxygen atoms in total. The fourth-order valence-corrected chi connectivity index (χ4v) is 1.70. The van der Waals surface area contributed by atoms with Gasteiger partial charge in [-0.05, 0) is 55.0 Å². The summed E-state index contributed by atoms with van der Waals surface area (Å²) in [5.41, 5.74) is -0.173. The Morgan fingerprint density at radius 2 is 2.05 bits per heavy atom. The van der Waals surface area contributed by atoms with Gasteiger partial charge in [0, 0.05) is 5.56 Å². The first-order valence-electron chi connectivity index (χ1n) is 5.62. The van der Waals surface area contributed by atoms with Gasteiger partial charge in [0.25, 0.3) is 0 Å². The van der Waals surface area contributed by atoms with Crippen LogP contribution in [0.2, 0.25) is 0 Å². The largest absolute Gasteiger partial charge is 0.479 e. The van der Waals surface area contributed by atoms with E-state index >= 15 is 0 Å². The molecule has 0 aliphatic carbocycles. The van der Waals surface area contributed by atoms with Gasteiger partial charge in [-0.15, -0.1) is 5.10 Å². The Hall–Kier alpha value is -2.31. The molecule has 0 radical (unpaired) electrons. The zero-order valence-electron chi connectivity index (χ0n) is 10.8. The minimum atomic E-state index is -1.32. The molecule has 1 aromatic heterocycles. The normalized spacial score (nSPS) is 11.6. The highest BCUT2D eigenvalue weighted by molar-refractivity contribution is 5.76. The minimum Gasteiger partial charge on any atom is -0.479 e. The maximum Gasteiger partial charge on any atom is 0.331 e. The zero-order chi connectivity index (χ0) is 14.2. The lowest BCUT2D eigenvalue weighted by atomic mass is 10.1. The van der Waals surface area contributed by atoms with Crippen LogP contribution in [0.5, 0.6) is 0 Å². The summed E-state index contributed by atoms with van der Waals surface area (Å²) in [5.74, 6) is -1.28. The molecule has 19 heavy (non-hydrogen) atoms. The van der Waals surface area contributed by atoms with Gasteiger partial charge in [-0.1, -0.05) is 0 Å². The number of carboxylic acids is 1.